The molecule has 1 fully saturated rings. The summed E-state index contributed by atoms with van der Waals surface area (Å²) in [4.78, 5) is 16.6. The van der Waals surface area contributed by atoms with Gasteiger partial charge < -0.3 is 4.90 Å². The van der Waals surface area contributed by atoms with Gasteiger partial charge in [-0.3, -0.25) is 9.69 Å². The third-order valence-corrected chi connectivity index (χ3v) is 5.11. The number of carbonyl (C=O) groups excluding carboxylic acids is 1. The van der Waals surface area contributed by atoms with Gasteiger partial charge in [0.1, 0.15) is 6.04 Å². The maximum absolute atomic E-state index is 12.5. The molecule has 1 aliphatic rings. The number of hydrogen-bond donors (Lipinski definition) is 0. The molecule has 0 aliphatic carbocycles. The summed E-state index contributed by atoms with van der Waals surface area (Å²) in [6.45, 7) is 7.05. The second-order valence-electron chi connectivity index (χ2n) is 5.96. The van der Waals surface area contributed by atoms with Crippen LogP contribution in [-0.2, 0) is 4.79 Å². The number of nitriles is 1. The lowest BCUT2D eigenvalue weighted by atomic mass is 10.0. The SMILES string of the molecule is CCC(CC)C(=O)N1CCN(C(C#N)c2cccc(Br)c2)CC1. The standard InChI is InChI=1S/C18H24BrN3O/c1-3-14(4-2)18(23)22-10-8-21(9-11-22)17(13-20)15-6-5-7-16(19)12-15/h5-7,12,14,17H,3-4,8-11H2,1-2H3. The van der Waals surface area contributed by atoms with E-state index in [0.29, 0.717) is 13.1 Å². The Kier molecular flexibility index (Phi) is 6.61. The highest BCUT2D eigenvalue weighted by atomic mass is 79.9. The van der Waals surface area contributed by atoms with Crippen molar-refractivity contribution in [3.8, 4) is 6.07 Å². The minimum Gasteiger partial charge on any atom is -0.340 e. The predicted octanol–water partition coefficient (Wildman–Crippen LogP) is 3.59. The van der Waals surface area contributed by atoms with Gasteiger partial charge in [-0.25, -0.2) is 0 Å². The second-order valence-corrected chi connectivity index (χ2v) is 6.88. The van der Waals surface area contributed by atoms with Gasteiger partial charge in [0.25, 0.3) is 0 Å². The molecular formula is C18H24BrN3O. The average Bonchev–Trinajstić information content (AvgIpc) is 2.57. The molecule has 0 spiro atoms. The van der Waals surface area contributed by atoms with E-state index >= 15 is 0 Å². The van der Waals surface area contributed by atoms with Crippen LogP contribution >= 0.6 is 15.9 Å². The molecule has 1 atom stereocenters. The molecule has 2 rings (SSSR count). The molecule has 1 amide bonds. The van der Waals surface area contributed by atoms with Crippen LogP contribution in [0.5, 0.6) is 0 Å². The van der Waals surface area contributed by atoms with E-state index in [1.165, 1.54) is 0 Å². The summed E-state index contributed by atoms with van der Waals surface area (Å²) in [5.41, 5.74) is 1.00. The normalized spacial score (nSPS) is 17.1. The minimum atomic E-state index is -0.252. The first-order valence-electron chi connectivity index (χ1n) is 8.28. The molecule has 124 valence electrons. The van der Waals surface area contributed by atoms with Crippen molar-refractivity contribution in [2.75, 3.05) is 26.2 Å². The lowest BCUT2D eigenvalue weighted by Crippen LogP contribution is -2.50. The zero-order valence-corrected chi connectivity index (χ0v) is 15.4. The van der Waals surface area contributed by atoms with Gasteiger partial charge in [-0.05, 0) is 30.5 Å². The monoisotopic (exact) mass is 377 g/mol. The number of amides is 1. The van der Waals surface area contributed by atoms with Gasteiger partial charge in [-0.2, -0.15) is 5.26 Å². The quantitative estimate of drug-likeness (QED) is 0.787. The van der Waals surface area contributed by atoms with Crippen molar-refractivity contribution in [3.63, 3.8) is 0 Å². The Morgan fingerprint density at radius 1 is 1.26 bits per heavy atom. The van der Waals surface area contributed by atoms with Gasteiger partial charge in [0.05, 0.1) is 6.07 Å². The molecule has 0 N–H and O–H groups in total. The molecule has 1 aliphatic heterocycles. The van der Waals surface area contributed by atoms with E-state index < -0.39 is 0 Å². The fourth-order valence-electron chi connectivity index (χ4n) is 3.14. The van der Waals surface area contributed by atoms with Crippen molar-refractivity contribution in [3.05, 3.63) is 34.3 Å². The second kappa shape index (κ2) is 8.47. The Bertz CT molecular complexity index is 572. The highest BCUT2D eigenvalue weighted by molar-refractivity contribution is 9.10. The summed E-state index contributed by atoms with van der Waals surface area (Å²) in [5, 5.41) is 9.57. The van der Waals surface area contributed by atoms with Gasteiger partial charge in [0.15, 0.2) is 0 Å². The van der Waals surface area contributed by atoms with Crippen molar-refractivity contribution in [1.29, 1.82) is 5.26 Å². The van der Waals surface area contributed by atoms with Gasteiger partial charge in [0.2, 0.25) is 5.91 Å². The lowest BCUT2D eigenvalue weighted by Gasteiger charge is -2.38. The Labute approximate surface area is 147 Å². The first-order valence-corrected chi connectivity index (χ1v) is 9.07. The first-order chi connectivity index (χ1) is 11.1. The molecule has 1 unspecified atom stereocenters. The van der Waals surface area contributed by atoms with E-state index in [2.05, 4.69) is 40.7 Å². The fraction of sp³-hybridized carbons (Fsp3) is 0.556. The van der Waals surface area contributed by atoms with Crippen molar-refractivity contribution >= 4 is 21.8 Å². The van der Waals surface area contributed by atoms with Crippen LogP contribution < -0.4 is 0 Å². The summed E-state index contributed by atoms with van der Waals surface area (Å²) in [5.74, 6) is 0.406. The molecule has 0 radical (unpaired) electrons. The number of benzene rings is 1. The van der Waals surface area contributed by atoms with Crippen molar-refractivity contribution in [2.45, 2.75) is 32.7 Å². The van der Waals surface area contributed by atoms with Crippen LogP contribution in [0.25, 0.3) is 0 Å². The average molecular weight is 378 g/mol. The van der Waals surface area contributed by atoms with Gasteiger partial charge in [0, 0.05) is 36.6 Å². The molecule has 23 heavy (non-hydrogen) atoms. The van der Waals surface area contributed by atoms with Crippen LogP contribution in [0, 0.1) is 17.2 Å². The molecule has 0 bridgehead atoms. The molecular weight excluding hydrogens is 354 g/mol. The summed E-state index contributed by atoms with van der Waals surface area (Å²) in [6.07, 6.45) is 1.79. The van der Waals surface area contributed by atoms with Crippen LogP contribution in [0.4, 0.5) is 0 Å². The number of halogens is 1. The Morgan fingerprint density at radius 3 is 2.43 bits per heavy atom. The summed E-state index contributed by atoms with van der Waals surface area (Å²) >= 11 is 3.46. The maximum atomic E-state index is 12.5. The smallest absolute Gasteiger partial charge is 0.225 e. The Hall–Kier alpha value is -1.38. The van der Waals surface area contributed by atoms with Crippen LogP contribution in [0.2, 0.25) is 0 Å². The number of rotatable bonds is 5. The molecule has 0 saturated carbocycles. The molecule has 1 saturated heterocycles. The van der Waals surface area contributed by atoms with Crippen molar-refractivity contribution in [1.82, 2.24) is 9.80 Å². The van der Waals surface area contributed by atoms with E-state index in [9.17, 15) is 10.1 Å². The number of piperazine rings is 1. The van der Waals surface area contributed by atoms with Crippen molar-refractivity contribution < 1.29 is 4.79 Å². The summed E-state index contributed by atoms with van der Waals surface area (Å²) < 4.78 is 0.984. The van der Waals surface area contributed by atoms with Crippen LogP contribution in [0.15, 0.2) is 28.7 Å². The van der Waals surface area contributed by atoms with E-state index in [1.807, 2.05) is 29.2 Å². The first kappa shape index (κ1) is 18.0. The maximum Gasteiger partial charge on any atom is 0.225 e. The fourth-order valence-corrected chi connectivity index (χ4v) is 3.56. The van der Waals surface area contributed by atoms with Gasteiger partial charge in [-0.1, -0.05) is 41.9 Å². The van der Waals surface area contributed by atoms with E-state index in [4.69, 9.17) is 0 Å². The van der Waals surface area contributed by atoms with Gasteiger partial charge in [-0.15, -0.1) is 0 Å². The zero-order valence-electron chi connectivity index (χ0n) is 13.8. The van der Waals surface area contributed by atoms with Crippen LogP contribution in [-0.4, -0.2) is 41.9 Å². The molecule has 5 heteroatoms. The highest BCUT2D eigenvalue weighted by Crippen LogP contribution is 2.25. The van der Waals surface area contributed by atoms with E-state index in [1.54, 1.807) is 0 Å². The molecule has 1 aromatic rings. The van der Waals surface area contributed by atoms with Crippen molar-refractivity contribution in [2.24, 2.45) is 5.92 Å². The molecule has 1 aromatic carbocycles. The van der Waals surface area contributed by atoms with E-state index in [-0.39, 0.29) is 17.9 Å². The minimum absolute atomic E-state index is 0.137. The lowest BCUT2D eigenvalue weighted by molar-refractivity contribution is -0.137. The third-order valence-electron chi connectivity index (χ3n) is 4.61. The highest BCUT2D eigenvalue weighted by Gasteiger charge is 2.29. The zero-order chi connectivity index (χ0) is 16.8. The summed E-state index contributed by atoms with van der Waals surface area (Å²) in [6, 6.07) is 10.1. The van der Waals surface area contributed by atoms with E-state index in [0.717, 1.165) is 36.0 Å². The molecule has 1 heterocycles. The topological polar surface area (TPSA) is 47.3 Å². The molecule has 4 nitrogen and oxygen atoms in total. The predicted molar refractivity (Wildman–Crippen MR) is 94.7 cm³/mol. The Balaban J connectivity index is 2.00. The number of carbonyl (C=O) groups is 1. The van der Waals surface area contributed by atoms with Gasteiger partial charge >= 0.3 is 0 Å². The Morgan fingerprint density at radius 2 is 1.91 bits per heavy atom. The number of nitrogens with zero attached hydrogens (tertiary/aromatic N) is 3. The molecule has 0 aromatic heterocycles. The largest absolute Gasteiger partial charge is 0.340 e. The number of hydrogen-bond acceptors (Lipinski definition) is 3. The van der Waals surface area contributed by atoms with Crippen LogP contribution in [0.1, 0.15) is 38.3 Å². The third kappa shape index (κ3) is 4.33. The van der Waals surface area contributed by atoms with Crippen LogP contribution in [0.3, 0.4) is 0 Å². The summed E-state index contributed by atoms with van der Waals surface area (Å²) in [7, 11) is 0.